The lowest BCUT2D eigenvalue weighted by molar-refractivity contribution is -0.123. The van der Waals surface area contributed by atoms with Gasteiger partial charge in [0.05, 0.1) is 19.2 Å². The van der Waals surface area contributed by atoms with Crippen molar-refractivity contribution in [2.24, 2.45) is 5.92 Å². The fourth-order valence-electron chi connectivity index (χ4n) is 4.78. The van der Waals surface area contributed by atoms with E-state index < -0.39 is 30.9 Å². The molecular weight excluding hydrogens is 473 g/mol. The molecule has 1 saturated carbocycles. The van der Waals surface area contributed by atoms with E-state index in [2.05, 4.69) is 15.5 Å². The van der Waals surface area contributed by atoms with Gasteiger partial charge in [-0.2, -0.15) is 0 Å². The van der Waals surface area contributed by atoms with Crippen LogP contribution in [0.15, 0.2) is 48.5 Å². The maximum absolute atomic E-state index is 13.3. The van der Waals surface area contributed by atoms with Crippen LogP contribution in [0.2, 0.25) is 0 Å². The van der Waals surface area contributed by atoms with Crippen molar-refractivity contribution in [2.45, 2.75) is 50.6 Å². The van der Waals surface area contributed by atoms with Crippen LogP contribution in [-0.4, -0.2) is 77.3 Å². The number of rotatable bonds is 11. The molecule has 0 aromatic heterocycles. The molecule has 4 rings (SSSR count). The summed E-state index contributed by atoms with van der Waals surface area (Å²) in [6.07, 6.45) is 3.86. The Labute approximate surface area is 218 Å². The number of phenolic OH excluding ortho intramolecular Hbond substituents is 1. The van der Waals surface area contributed by atoms with Gasteiger partial charge < -0.3 is 30.5 Å². The predicted octanol–water partition coefficient (Wildman–Crippen LogP) is 1.25. The summed E-state index contributed by atoms with van der Waals surface area (Å²) in [5.41, 5.74) is 1.82. The van der Waals surface area contributed by atoms with Crippen molar-refractivity contribution in [1.82, 2.24) is 15.5 Å². The van der Waals surface area contributed by atoms with E-state index in [9.17, 15) is 24.7 Å². The molecule has 1 saturated heterocycles. The molecule has 2 aromatic carbocycles. The second-order valence-electron chi connectivity index (χ2n) is 10.0. The molecule has 0 bridgehead atoms. The standard InChI is InChI=1S/C27H36BN3O6/c32-24-10-9-21(17-22(24)18-31-11-13-37-14-12-31)26(33)29-23(15-19-5-2-1-3-6-19)27(34)30-25(28(35)36)16-20-7-4-8-20/h1-3,5-6,9-10,17,20,23,25,32,35-36H,4,7-8,11-16,18H2,(H,29,33)(H,30,34)/t23-,25-/m0/s1. The fourth-order valence-corrected chi connectivity index (χ4v) is 4.78. The zero-order valence-electron chi connectivity index (χ0n) is 21.0. The van der Waals surface area contributed by atoms with Gasteiger partial charge in [-0.1, -0.05) is 49.6 Å². The van der Waals surface area contributed by atoms with Crippen LogP contribution in [0.5, 0.6) is 5.75 Å². The van der Waals surface area contributed by atoms with Crippen LogP contribution in [-0.2, 0) is 22.5 Å². The van der Waals surface area contributed by atoms with Gasteiger partial charge in [-0.05, 0) is 36.1 Å². The number of phenols is 1. The van der Waals surface area contributed by atoms with Crippen molar-refractivity contribution in [3.8, 4) is 5.75 Å². The molecule has 2 atom stereocenters. The normalized spacial score (nSPS) is 17.9. The summed E-state index contributed by atoms with van der Waals surface area (Å²) in [7, 11) is -1.68. The van der Waals surface area contributed by atoms with Crippen LogP contribution >= 0.6 is 0 Å². The molecule has 0 unspecified atom stereocenters. The van der Waals surface area contributed by atoms with Gasteiger partial charge >= 0.3 is 7.12 Å². The lowest BCUT2D eigenvalue weighted by atomic mass is 9.69. The predicted molar refractivity (Wildman–Crippen MR) is 140 cm³/mol. The number of morpholine rings is 1. The zero-order valence-corrected chi connectivity index (χ0v) is 21.0. The molecule has 0 spiro atoms. The summed E-state index contributed by atoms with van der Waals surface area (Å²) in [5.74, 6) is -1.25. The summed E-state index contributed by atoms with van der Waals surface area (Å²) in [5, 5.41) is 35.7. The molecule has 198 valence electrons. The molecule has 5 N–H and O–H groups in total. The maximum atomic E-state index is 13.3. The van der Waals surface area contributed by atoms with Crippen LogP contribution in [0.1, 0.15) is 47.2 Å². The van der Waals surface area contributed by atoms with Crippen LogP contribution in [0.25, 0.3) is 0 Å². The summed E-state index contributed by atoms with van der Waals surface area (Å²) in [6.45, 7) is 3.23. The number of nitrogens with zero attached hydrogens (tertiary/aromatic N) is 1. The monoisotopic (exact) mass is 509 g/mol. The van der Waals surface area contributed by atoms with Crippen molar-refractivity contribution >= 4 is 18.9 Å². The van der Waals surface area contributed by atoms with E-state index in [-0.39, 0.29) is 12.2 Å². The lowest BCUT2D eigenvalue weighted by Crippen LogP contribution is -2.55. The number of benzene rings is 2. The van der Waals surface area contributed by atoms with Crippen LogP contribution in [0, 0.1) is 5.92 Å². The molecular formula is C27H36BN3O6. The van der Waals surface area contributed by atoms with E-state index in [4.69, 9.17) is 4.74 Å². The van der Waals surface area contributed by atoms with Crippen molar-refractivity contribution in [1.29, 1.82) is 0 Å². The van der Waals surface area contributed by atoms with E-state index in [0.717, 1.165) is 37.9 Å². The molecule has 10 heteroatoms. The Morgan fingerprint density at radius 2 is 1.78 bits per heavy atom. The largest absolute Gasteiger partial charge is 0.508 e. The number of amides is 2. The average molecular weight is 509 g/mol. The summed E-state index contributed by atoms with van der Waals surface area (Å²) >= 11 is 0. The first-order valence-corrected chi connectivity index (χ1v) is 13.0. The topological polar surface area (TPSA) is 131 Å². The summed E-state index contributed by atoms with van der Waals surface area (Å²) < 4.78 is 5.38. The molecule has 2 amide bonds. The second-order valence-corrected chi connectivity index (χ2v) is 10.0. The minimum atomic E-state index is -1.68. The molecule has 37 heavy (non-hydrogen) atoms. The van der Waals surface area contributed by atoms with E-state index in [0.29, 0.717) is 43.2 Å². The zero-order chi connectivity index (χ0) is 26.2. The minimum Gasteiger partial charge on any atom is -0.508 e. The Morgan fingerprint density at radius 1 is 1.05 bits per heavy atom. The number of aromatic hydroxyl groups is 1. The van der Waals surface area contributed by atoms with Gasteiger partial charge in [0.15, 0.2) is 0 Å². The Morgan fingerprint density at radius 3 is 2.43 bits per heavy atom. The Balaban J connectivity index is 1.47. The van der Waals surface area contributed by atoms with Gasteiger partial charge in [0.2, 0.25) is 5.91 Å². The highest BCUT2D eigenvalue weighted by molar-refractivity contribution is 6.43. The van der Waals surface area contributed by atoms with Gasteiger partial charge in [0, 0.05) is 37.2 Å². The highest BCUT2D eigenvalue weighted by atomic mass is 16.5. The third-order valence-corrected chi connectivity index (χ3v) is 7.24. The number of hydrogen-bond donors (Lipinski definition) is 5. The van der Waals surface area contributed by atoms with Crippen molar-refractivity contribution in [2.75, 3.05) is 26.3 Å². The van der Waals surface area contributed by atoms with E-state index in [1.165, 1.54) is 12.1 Å². The van der Waals surface area contributed by atoms with Gasteiger partial charge in [0.1, 0.15) is 11.8 Å². The van der Waals surface area contributed by atoms with Gasteiger partial charge in [-0.3, -0.25) is 14.5 Å². The van der Waals surface area contributed by atoms with Crippen molar-refractivity contribution in [3.05, 3.63) is 65.2 Å². The molecule has 2 aromatic rings. The summed E-state index contributed by atoms with van der Waals surface area (Å²) in [4.78, 5) is 28.7. The molecule has 1 aliphatic heterocycles. The third kappa shape index (κ3) is 7.78. The Bertz CT molecular complexity index is 1040. The molecule has 2 fully saturated rings. The Kier molecular flexibility index (Phi) is 9.57. The van der Waals surface area contributed by atoms with Gasteiger partial charge in [-0.15, -0.1) is 0 Å². The van der Waals surface area contributed by atoms with Crippen LogP contribution < -0.4 is 10.6 Å². The van der Waals surface area contributed by atoms with Crippen molar-refractivity contribution < 1.29 is 29.5 Å². The van der Waals surface area contributed by atoms with Gasteiger partial charge in [0.25, 0.3) is 5.91 Å². The lowest BCUT2D eigenvalue weighted by Gasteiger charge is -2.30. The molecule has 2 aliphatic rings. The fraction of sp³-hybridized carbons (Fsp3) is 0.481. The molecule has 9 nitrogen and oxygen atoms in total. The third-order valence-electron chi connectivity index (χ3n) is 7.24. The number of carbonyl (C=O) groups is 2. The quantitative estimate of drug-likeness (QED) is 0.288. The van der Waals surface area contributed by atoms with Crippen LogP contribution in [0.3, 0.4) is 0 Å². The number of hydrogen-bond acceptors (Lipinski definition) is 7. The van der Waals surface area contributed by atoms with E-state index >= 15 is 0 Å². The number of carbonyl (C=O) groups excluding carboxylic acids is 2. The van der Waals surface area contributed by atoms with Gasteiger partial charge in [-0.25, -0.2) is 0 Å². The molecule has 1 aliphatic carbocycles. The first-order chi connectivity index (χ1) is 17.9. The molecule has 1 heterocycles. The highest BCUT2D eigenvalue weighted by Crippen LogP contribution is 2.30. The smallest absolute Gasteiger partial charge is 0.475 e. The maximum Gasteiger partial charge on any atom is 0.475 e. The molecule has 0 radical (unpaired) electrons. The number of ether oxygens (including phenoxy) is 1. The second kappa shape index (κ2) is 13.1. The SMILES string of the molecule is O=C(N[C@@H](Cc1ccccc1)C(=O)N[C@@H](CC1CCC1)B(O)O)c1ccc(O)c(CN2CCOCC2)c1. The summed E-state index contributed by atoms with van der Waals surface area (Å²) in [6, 6.07) is 13.1. The first-order valence-electron chi connectivity index (χ1n) is 13.0. The minimum absolute atomic E-state index is 0.109. The van der Waals surface area contributed by atoms with Crippen molar-refractivity contribution in [3.63, 3.8) is 0 Å². The van der Waals surface area contributed by atoms with E-state index in [1.807, 2.05) is 30.3 Å². The first kappa shape index (κ1) is 27.1. The Hall–Kier alpha value is -2.92. The van der Waals surface area contributed by atoms with Crippen LogP contribution in [0.4, 0.5) is 0 Å². The highest BCUT2D eigenvalue weighted by Gasteiger charge is 2.33. The van der Waals surface area contributed by atoms with E-state index in [1.54, 1.807) is 6.07 Å². The average Bonchev–Trinajstić information content (AvgIpc) is 2.87. The number of nitrogens with one attached hydrogen (secondary N) is 2.